The summed E-state index contributed by atoms with van der Waals surface area (Å²) in [6.45, 7) is 1.23. The summed E-state index contributed by atoms with van der Waals surface area (Å²) < 4.78 is 0. The highest BCUT2D eigenvalue weighted by Gasteiger charge is 2.09. The Balaban J connectivity index is 2.02. The Morgan fingerprint density at radius 1 is 1.07 bits per heavy atom. The summed E-state index contributed by atoms with van der Waals surface area (Å²) in [6.07, 6.45) is 13.6. The summed E-state index contributed by atoms with van der Waals surface area (Å²) in [6, 6.07) is 0.831. The molecule has 1 aliphatic rings. The van der Waals surface area contributed by atoms with Crippen LogP contribution in [0.5, 0.6) is 0 Å². The molecular formula is C12H25NS. The van der Waals surface area contributed by atoms with Crippen LogP contribution < -0.4 is 5.32 Å². The Morgan fingerprint density at radius 3 is 2.36 bits per heavy atom. The highest BCUT2D eigenvalue weighted by molar-refractivity contribution is 7.98. The molecule has 1 saturated carbocycles. The van der Waals surface area contributed by atoms with Crippen molar-refractivity contribution in [1.82, 2.24) is 5.32 Å². The Kier molecular flexibility index (Phi) is 7.61. The molecule has 14 heavy (non-hydrogen) atoms. The van der Waals surface area contributed by atoms with Gasteiger partial charge in [-0.25, -0.2) is 0 Å². The van der Waals surface area contributed by atoms with E-state index in [0.717, 1.165) is 6.04 Å². The van der Waals surface area contributed by atoms with Crippen LogP contribution in [-0.4, -0.2) is 24.6 Å². The van der Waals surface area contributed by atoms with Gasteiger partial charge in [-0.1, -0.05) is 32.1 Å². The Hall–Kier alpha value is 0.310. The highest BCUT2D eigenvalue weighted by atomic mass is 32.2. The summed E-state index contributed by atoms with van der Waals surface area (Å²) in [5.41, 5.74) is 0. The van der Waals surface area contributed by atoms with Gasteiger partial charge in [0.15, 0.2) is 0 Å². The fraction of sp³-hybridized carbons (Fsp3) is 1.00. The highest BCUT2D eigenvalue weighted by Crippen LogP contribution is 2.16. The smallest absolute Gasteiger partial charge is 0.00670 e. The number of nitrogens with one attached hydrogen (secondary N) is 1. The molecule has 84 valence electrons. The summed E-state index contributed by atoms with van der Waals surface area (Å²) in [5.74, 6) is 1.31. The van der Waals surface area contributed by atoms with Crippen molar-refractivity contribution < 1.29 is 0 Å². The van der Waals surface area contributed by atoms with Crippen molar-refractivity contribution in [1.29, 1.82) is 0 Å². The molecule has 0 heterocycles. The minimum Gasteiger partial charge on any atom is -0.314 e. The van der Waals surface area contributed by atoms with Gasteiger partial charge in [0, 0.05) is 6.04 Å². The molecule has 0 aromatic rings. The van der Waals surface area contributed by atoms with Crippen molar-refractivity contribution in [2.24, 2.45) is 0 Å². The molecule has 0 aromatic carbocycles. The lowest BCUT2D eigenvalue weighted by Crippen LogP contribution is -2.30. The van der Waals surface area contributed by atoms with Crippen LogP contribution in [-0.2, 0) is 0 Å². The van der Waals surface area contributed by atoms with E-state index < -0.39 is 0 Å². The average molecular weight is 215 g/mol. The van der Waals surface area contributed by atoms with Crippen molar-refractivity contribution >= 4 is 11.8 Å². The molecule has 0 unspecified atom stereocenters. The van der Waals surface area contributed by atoms with Gasteiger partial charge >= 0.3 is 0 Å². The summed E-state index contributed by atoms with van der Waals surface area (Å²) in [7, 11) is 0. The van der Waals surface area contributed by atoms with E-state index in [-0.39, 0.29) is 0 Å². The molecule has 1 rings (SSSR count). The zero-order valence-corrected chi connectivity index (χ0v) is 10.4. The van der Waals surface area contributed by atoms with Gasteiger partial charge in [0.1, 0.15) is 0 Å². The van der Waals surface area contributed by atoms with Crippen molar-refractivity contribution in [2.75, 3.05) is 18.6 Å². The molecule has 0 spiro atoms. The van der Waals surface area contributed by atoms with Crippen LogP contribution in [0.4, 0.5) is 0 Å². The second kappa shape index (κ2) is 8.60. The summed E-state index contributed by atoms with van der Waals surface area (Å²) >= 11 is 1.96. The van der Waals surface area contributed by atoms with E-state index >= 15 is 0 Å². The molecule has 1 N–H and O–H groups in total. The Labute approximate surface area is 93.4 Å². The van der Waals surface area contributed by atoms with Crippen LogP contribution in [0.1, 0.15) is 51.4 Å². The first-order valence-electron chi connectivity index (χ1n) is 6.16. The lowest BCUT2D eigenvalue weighted by atomic mass is 9.97. The number of hydrogen-bond acceptors (Lipinski definition) is 2. The molecule has 0 aromatic heterocycles. The van der Waals surface area contributed by atoms with Crippen molar-refractivity contribution in [3.63, 3.8) is 0 Å². The lowest BCUT2D eigenvalue weighted by Gasteiger charge is -2.20. The van der Waals surface area contributed by atoms with Crippen molar-refractivity contribution in [3.8, 4) is 0 Å². The predicted octanol–water partition coefficient (Wildman–Crippen LogP) is 3.44. The lowest BCUT2D eigenvalue weighted by molar-refractivity contribution is 0.391. The number of thioether (sulfide) groups is 1. The summed E-state index contributed by atoms with van der Waals surface area (Å²) in [5, 5.41) is 3.71. The third kappa shape index (κ3) is 5.92. The molecule has 0 amide bonds. The molecule has 0 radical (unpaired) electrons. The third-order valence-electron chi connectivity index (χ3n) is 3.06. The van der Waals surface area contributed by atoms with E-state index in [2.05, 4.69) is 11.6 Å². The van der Waals surface area contributed by atoms with Gasteiger partial charge in [0.2, 0.25) is 0 Å². The maximum Gasteiger partial charge on any atom is 0.00670 e. The topological polar surface area (TPSA) is 12.0 Å². The largest absolute Gasteiger partial charge is 0.314 e. The standard InChI is InChI=1S/C12H25NS/c1-14-11-7-10-13-12-8-5-3-2-4-6-9-12/h12-13H,2-11H2,1H3. The molecule has 0 saturated heterocycles. The van der Waals surface area contributed by atoms with Gasteiger partial charge in [-0.3, -0.25) is 0 Å². The van der Waals surface area contributed by atoms with Crippen LogP contribution in [0.25, 0.3) is 0 Å². The van der Waals surface area contributed by atoms with E-state index in [9.17, 15) is 0 Å². The van der Waals surface area contributed by atoms with Gasteiger partial charge in [-0.15, -0.1) is 0 Å². The molecule has 0 atom stereocenters. The first-order chi connectivity index (χ1) is 6.93. The Morgan fingerprint density at radius 2 is 1.71 bits per heavy atom. The number of rotatable bonds is 5. The quantitative estimate of drug-likeness (QED) is 0.705. The fourth-order valence-electron chi connectivity index (χ4n) is 2.18. The van der Waals surface area contributed by atoms with Gasteiger partial charge in [0.25, 0.3) is 0 Å². The third-order valence-corrected chi connectivity index (χ3v) is 3.76. The van der Waals surface area contributed by atoms with Crippen LogP contribution in [0.3, 0.4) is 0 Å². The van der Waals surface area contributed by atoms with E-state index in [1.165, 1.54) is 63.7 Å². The minimum atomic E-state index is 0.831. The molecular weight excluding hydrogens is 190 g/mol. The molecule has 2 heteroatoms. The second-order valence-corrected chi connectivity index (χ2v) is 5.33. The average Bonchev–Trinajstić information content (AvgIpc) is 2.15. The van der Waals surface area contributed by atoms with Crippen molar-refractivity contribution in [3.05, 3.63) is 0 Å². The van der Waals surface area contributed by atoms with Gasteiger partial charge in [-0.05, 0) is 37.8 Å². The van der Waals surface area contributed by atoms with Crippen LogP contribution in [0, 0.1) is 0 Å². The van der Waals surface area contributed by atoms with Crippen LogP contribution in [0.2, 0.25) is 0 Å². The van der Waals surface area contributed by atoms with Gasteiger partial charge in [0.05, 0.1) is 0 Å². The molecule has 0 aliphatic heterocycles. The Bertz CT molecular complexity index is 119. The molecule has 0 bridgehead atoms. The van der Waals surface area contributed by atoms with Gasteiger partial charge < -0.3 is 5.32 Å². The normalized spacial score (nSPS) is 20.4. The van der Waals surface area contributed by atoms with E-state index in [1.807, 2.05) is 11.8 Å². The van der Waals surface area contributed by atoms with Crippen LogP contribution >= 0.6 is 11.8 Å². The fourth-order valence-corrected chi connectivity index (χ4v) is 2.62. The maximum absolute atomic E-state index is 3.71. The summed E-state index contributed by atoms with van der Waals surface area (Å²) in [4.78, 5) is 0. The predicted molar refractivity (Wildman–Crippen MR) is 67.1 cm³/mol. The van der Waals surface area contributed by atoms with E-state index in [0.29, 0.717) is 0 Å². The van der Waals surface area contributed by atoms with Crippen LogP contribution in [0.15, 0.2) is 0 Å². The second-order valence-electron chi connectivity index (χ2n) is 4.34. The first-order valence-corrected chi connectivity index (χ1v) is 7.55. The van der Waals surface area contributed by atoms with Crippen molar-refractivity contribution in [2.45, 2.75) is 57.4 Å². The molecule has 1 aliphatic carbocycles. The molecule has 1 nitrogen and oxygen atoms in total. The SMILES string of the molecule is CSCCCNC1CCCCCCC1. The first kappa shape index (κ1) is 12.4. The molecule has 1 fully saturated rings. The zero-order valence-electron chi connectivity index (χ0n) is 9.56. The monoisotopic (exact) mass is 215 g/mol. The van der Waals surface area contributed by atoms with Gasteiger partial charge in [-0.2, -0.15) is 11.8 Å². The maximum atomic E-state index is 3.71. The number of hydrogen-bond donors (Lipinski definition) is 1. The minimum absolute atomic E-state index is 0.831. The van der Waals surface area contributed by atoms with E-state index in [4.69, 9.17) is 0 Å². The zero-order chi connectivity index (χ0) is 10.1. The van der Waals surface area contributed by atoms with E-state index in [1.54, 1.807) is 0 Å².